The molecule has 9 nitrogen and oxygen atoms in total. The highest BCUT2D eigenvalue weighted by molar-refractivity contribution is 6.04. The Balaban J connectivity index is 1.26. The summed E-state index contributed by atoms with van der Waals surface area (Å²) in [6.45, 7) is 8.40. The Morgan fingerprint density at radius 3 is 2.49 bits per heavy atom. The summed E-state index contributed by atoms with van der Waals surface area (Å²) in [5.74, 6) is 0.300. The van der Waals surface area contributed by atoms with Gasteiger partial charge in [-0.1, -0.05) is 19.1 Å². The molecule has 0 aliphatic carbocycles. The van der Waals surface area contributed by atoms with Gasteiger partial charge in [0, 0.05) is 87.6 Å². The number of anilines is 3. The normalized spacial score (nSPS) is 14.3. The lowest BCUT2D eigenvalue weighted by Crippen LogP contribution is -2.45. The summed E-state index contributed by atoms with van der Waals surface area (Å²) in [6, 6.07) is 19.2. The molecule has 1 aliphatic rings. The fourth-order valence-corrected chi connectivity index (χ4v) is 5.00. The van der Waals surface area contributed by atoms with Crippen LogP contribution in [0, 0.1) is 0 Å². The lowest BCUT2D eigenvalue weighted by Gasteiger charge is -2.34. The van der Waals surface area contributed by atoms with Crippen molar-refractivity contribution in [3.8, 4) is 0 Å². The smallest absolute Gasteiger partial charge is 0.325 e. The minimum Gasteiger partial charge on any atom is -0.344 e. The number of aromatic nitrogens is 2. The van der Waals surface area contributed by atoms with Crippen molar-refractivity contribution < 1.29 is 9.59 Å². The van der Waals surface area contributed by atoms with E-state index in [0.29, 0.717) is 11.4 Å². The van der Waals surface area contributed by atoms with E-state index in [4.69, 9.17) is 0 Å². The Morgan fingerprint density at radius 1 is 0.949 bits per heavy atom. The Labute approximate surface area is 229 Å². The minimum atomic E-state index is -0.183. The molecule has 5 rings (SSSR count). The third-order valence-corrected chi connectivity index (χ3v) is 7.37. The van der Waals surface area contributed by atoms with Crippen molar-refractivity contribution in [1.29, 1.82) is 0 Å². The number of pyridine rings is 1. The van der Waals surface area contributed by atoms with E-state index >= 15 is 0 Å². The third kappa shape index (κ3) is 5.94. The maximum absolute atomic E-state index is 13.1. The molecule has 0 spiro atoms. The van der Waals surface area contributed by atoms with E-state index in [0.717, 1.165) is 67.1 Å². The second-order valence-corrected chi connectivity index (χ2v) is 9.81. The van der Waals surface area contributed by atoms with Gasteiger partial charge < -0.3 is 20.4 Å². The van der Waals surface area contributed by atoms with E-state index in [9.17, 15) is 9.59 Å². The molecule has 2 N–H and O–H groups in total. The molecule has 1 aliphatic heterocycles. The van der Waals surface area contributed by atoms with Crippen LogP contribution in [0.15, 0.2) is 73.1 Å². The molecule has 39 heavy (non-hydrogen) atoms. The molecule has 202 valence electrons. The van der Waals surface area contributed by atoms with Gasteiger partial charge >= 0.3 is 6.03 Å². The van der Waals surface area contributed by atoms with Gasteiger partial charge in [0.2, 0.25) is 0 Å². The molecule has 0 radical (unpaired) electrons. The zero-order valence-corrected chi connectivity index (χ0v) is 22.7. The van der Waals surface area contributed by atoms with Gasteiger partial charge in [-0.15, -0.1) is 0 Å². The Bertz CT molecular complexity index is 1470. The molecule has 1 fully saturated rings. The maximum Gasteiger partial charge on any atom is 0.325 e. The van der Waals surface area contributed by atoms with Crippen molar-refractivity contribution in [2.75, 3.05) is 57.0 Å². The molecule has 4 aromatic rings. The second kappa shape index (κ2) is 11.7. The van der Waals surface area contributed by atoms with Crippen molar-refractivity contribution in [2.24, 2.45) is 0 Å². The summed E-state index contributed by atoms with van der Waals surface area (Å²) in [4.78, 5) is 36.5. The van der Waals surface area contributed by atoms with Gasteiger partial charge in [-0.3, -0.25) is 14.3 Å². The van der Waals surface area contributed by atoms with E-state index in [-0.39, 0.29) is 11.9 Å². The van der Waals surface area contributed by atoms with Gasteiger partial charge in [0.25, 0.3) is 5.91 Å². The Hall–Kier alpha value is -4.21. The molecule has 1 saturated heterocycles. The number of hydrogen-bond acceptors (Lipinski definition) is 6. The first-order chi connectivity index (χ1) is 18.9. The lowest BCUT2D eigenvalue weighted by atomic mass is 10.1. The number of rotatable bonds is 7. The van der Waals surface area contributed by atoms with Crippen LogP contribution in [0.2, 0.25) is 0 Å². The van der Waals surface area contributed by atoms with Crippen LogP contribution in [0.1, 0.15) is 22.8 Å². The predicted molar refractivity (Wildman–Crippen MR) is 156 cm³/mol. The molecule has 0 saturated carbocycles. The van der Waals surface area contributed by atoms with Crippen LogP contribution in [0.3, 0.4) is 0 Å². The molecule has 0 atom stereocenters. The van der Waals surface area contributed by atoms with Crippen LogP contribution < -0.4 is 15.5 Å². The average molecular weight is 526 g/mol. The SMILES string of the molecule is CCN1CCN(Cc2cccc(C(=O)Nc3cc(N(C)c4ccc5c(ccn5C(=O)NC)c4)ccn3)c2)CC1. The lowest BCUT2D eigenvalue weighted by molar-refractivity contribution is 0.102. The molecule has 0 bridgehead atoms. The van der Waals surface area contributed by atoms with E-state index < -0.39 is 0 Å². The highest BCUT2D eigenvalue weighted by atomic mass is 16.2. The number of carbonyl (C=O) groups is 2. The van der Waals surface area contributed by atoms with E-state index in [1.165, 1.54) is 0 Å². The largest absolute Gasteiger partial charge is 0.344 e. The highest BCUT2D eigenvalue weighted by Crippen LogP contribution is 2.28. The van der Waals surface area contributed by atoms with Crippen LogP contribution in [0.4, 0.5) is 22.0 Å². The third-order valence-electron chi connectivity index (χ3n) is 7.37. The summed E-state index contributed by atoms with van der Waals surface area (Å²) in [5, 5.41) is 6.56. The first kappa shape index (κ1) is 26.4. The predicted octanol–water partition coefficient (Wildman–Crippen LogP) is 4.38. The van der Waals surface area contributed by atoms with Gasteiger partial charge in [-0.05, 0) is 54.6 Å². The molecule has 9 heteroatoms. The molecular formula is C30H35N7O2. The Morgan fingerprint density at radius 2 is 1.72 bits per heavy atom. The van der Waals surface area contributed by atoms with E-state index in [2.05, 4.69) is 38.4 Å². The monoisotopic (exact) mass is 525 g/mol. The fourth-order valence-electron chi connectivity index (χ4n) is 5.00. The zero-order valence-electron chi connectivity index (χ0n) is 22.7. The number of carbonyl (C=O) groups excluding carboxylic acids is 2. The van der Waals surface area contributed by atoms with Crippen LogP contribution >= 0.6 is 0 Å². The van der Waals surface area contributed by atoms with Gasteiger partial charge in [0.1, 0.15) is 5.82 Å². The highest BCUT2D eigenvalue weighted by Gasteiger charge is 2.17. The number of amides is 2. The summed E-state index contributed by atoms with van der Waals surface area (Å²) < 4.78 is 1.58. The molecular weight excluding hydrogens is 490 g/mol. The van der Waals surface area contributed by atoms with Gasteiger partial charge in [0.15, 0.2) is 0 Å². The van der Waals surface area contributed by atoms with Crippen LogP contribution in [0.25, 0.3) is 10.9 Å². The standard InChI is InChI=1S/C30H35N7O2/c1-4-35-14-16-36(17-15-35)21-22-6-5-7-24(18-22)29(38)33-28-20-26(10-12-32-28)34(3)25-8-9-27-23(19-25)11-13-37(27)30(39)31-2/h5-13,18-20H,4,14-17,21H2,1-3H3,(H,31,39)(H,32,33,38). The summed E-state index contributed by atoms with van der Waals surface area (Å²) in [7, 11) is 3.57. The molecule has 2 aromatic carbocycles. The average Bonchev–Trinajstić information content (AvgIpc) is 3.40. The summed E-state index contributed by atoms with van der Waals surface area (Å²) in [5.41, 5.74) is 4.42. The van der Waals surface area contributed by atoms with Crippen molar-refractivity contribution in [3.63, 3.8) is 0 Å². The van der Waals surface area contributed by atoms with Crippen molar-refractivity contribution in [3.05, 3.63) is 84.2 Å². The van der Waals surface area contributed by atoms with Crippen molar-refractivity contribution >= 4 is 40.0 Å². The molecule has 3 heterocycles. The van der Waals surface area contributed by atoms with Crippen LogP contribution in [-0.4, -0.2) is 78.1 Å². The minimum absolute atomic E-state index is 0.180. The van der Waals surface area contributed by atoms with Gasteiger partial charge in [0.05, 0.1) is 5.52 Å². The van der Waals surface area contributed by atoms with Crippen molar-refractivity contribution in [2.45, 2.75) is 13.5 Å². The van der Waals surface area contributed by atoms with Crippen molar-refractivity contribution in [1.82, 2.24) is 24.7 Å². The Kier molecular flexibility index (Phi) is 7.90. The number of hydrogen-bond donors (Lipinski definition) is 2. The fraction of sp³-hybridized carbons (Fsp3) is 0.300. The quantitative estimate of drug-likeness (QED) is 0.373. The van der Waals surface area contributed by atoms with E-state index in [1.807, 2.05) is 66.5 Å². The zero-order chi connectivity index (χ0) is 27.4. The summed E-state index contributed by atoms with van der Waals surface area (Å²) >= 11 is 0. The first-order valence-electron chi connectivity index (χ1n) is 13.3. The topological polar surface area (TPSA) is 85.7 Å². The van der Waals surface area contributed by atoms with Crippen LogP contribution in [0.5, 0.6) is 0 Å². The number of fused-ring (bicyclic) bond motifs is 1. The summed E-state index contributed by atoms with van der Waals surface area (Å²) in [6.07, 6.45) is 3.45. The number of benzene rings is 2. The second-order valence-electron chi connectivity index (χ2n) is 9.81. The van der Waals surface area contributed by atoms with Gasteiger partial charge in [-0.25, -0.2) is 9.78 Å². The number of nitrogens with one attached hydrogen (secondary N) is 2. The first-order valence-corrected chi connectivity index (χ1v) is 13.3. The molecule has 0 unspecified atom stereocenters. The van der Waals surface area contributed by atoms with Crippen LogP contribution in [-0.2, 0) is 6.54 Å². The maximum atomic E-state index is 13.1. The number of piperazine rings is 1. The number of nitrogens with zero attached hydrogens (tertiary/aromatic N) is 5. The molecule has 2 amide bonds. The van der Waals surface area contributed by atoms with E-state index in [1.54, 1.807) is 24.0 Å². The molecule has 2 aromatic heterocycles. The van der Waals surface area contributed by atoms with Gasteiger partial charge in [-0.2, -0.15) is 0 Å². The number of likely N-dealkylation sites (N-methyl/N-ethyl adjacent to an activating group) is 1.